The average Bonchev–Trinajstić information content (AvgIpc) is 3.04. The van der Waals surface area contributed by atoms with E-state index in [2.05, 4.69) is 73.5 Å². The minimum absolute atomic E-state index is 0.383. The summed E-state index contributed by atoms with van der Waals surface area (Å²) in [5.41, 5.74) is 5.15. The van der Waals surface area contributed by atoms with Crippen molar-refractivity contribution in [2.75, 3.05) is 6.54 Å². The van der Waals surface area contributed by atoms with Crippen molar-refractivity contribution in [3.63, 3.8) is 0 Å². The zero-order valence-corrected chi connectivity index (χ0v) is 16.4. The normalized spacial score (nSPS) is 17.3. The Balaban J connectivity index is 1.65. The maximum atomic E-state index is 4.78. The molecular formula is C21H31N5. The number of nitrogens with one attached hydrogen (secondary N) is 2. The van der Waals surface area contributed by atoms with Crippen LogP contribution in [-0.2, 0) is 19.4 Å². The fraction of sp³-hybridized carbons (Fsp3) is 0.524. The Bertz CT molecular complexity index is 760. The smallest absolute Gasteiger partial charge is 0.191 e. The van der Waals surface area contributed by atoms with Crippen molar-refractivity contribution < 1.29 is 0 Å². The molecule has 0 amide bonds. The Morgan fingerprint density at radius 1 is 1.38 bits per heavy atom. The number of nitrogens with zero attached hydrogens (tertiary/aromatic N) is 3. The predicted molar refractivity (Wildman–Crippen MR) is 108 cm³/mol. The maximum absolute atomic E-state index is 4.78. The van der Waals surface area contributed by atoms with Crippen LogP contribution in [0.1, 0.15) is 55.6 Å². The van der Waals surface area contributed by atoms with E-state index in [4.69, 9.17) is 10.1 Å². The van der Waals surface area contributed by atoms with Gasteiger partial charge in [-0.05, 0) is 51.7 Å². The molecule has 3 rings (SSSR count). The van der Waals surface area contributed by atoms with Crippen molar-refractivity contribution in [3.8, 4) is 0 Å². The molecule has 0 spiro atoms. The first kappa shape index (κ1) is 18.5. The van der Waals surface area contributed by atoms with Gasteiger partial charge in [0.1, 0.15) is 0 Å². The molecule has 1 heterocycles. The highest BCUT2D eigenvalue weighted by Gasteiger charge is 2.22. The third-order valence-electron chi connectivity index (χ3n) is 4.81. The summed E-state index contributed by atoms with van der Waals surface area (Å²) in [4.78, 5) is 4.78. The lowest BCUT2D eigenvalue weighted by Crippen LogP contribution is -2.45. The number of aromatic nitrogens is 2. The van der Waals surface area contributed by atoms with E-state index in [-0.39, 0.29) is 0 Å². The first-order valence-corrected chi connectivity index (χ1v) is 9.72. The van der Waals surface area contributed by atoms with E-state index in [1.165, 1.54) is 22.4 Å². The molecule has 0 aliphatic heterocycles. The molecule has 0 saturated carbocycles. The molecule has 0 fully saturated rings. The van der Waals surface area contributed by atoms with Crippen LogP contribution < -0.4 is 10.6 Å². The van der Waals surface area contributed by atoms with Crippen LogP contribution in [0.3, 0.4) is 0 Å². The lowest BCUT2D eigenvalue weighted by atomic mass is 9.94. The Morgan fingerprint density at radius 2 is 2.23 bits per heavy atom. The van der Waals surface area contributed by atoms with Gasteiger partial charge in [0.15, 0.2) is 5.96 Å². The lowest BCUT2D eigenvalue weighted by molar-refractivity contribution is 0.499. The summed E-state index contributed by atoms with van der Waals surface area (Å²) in [5, 5.41) is 11.8. The van der Waals surface area contributed by atoms with Gasteiger partial charge in [-0.15, -0.1) is 0 Å². The number of hydrogen-bond acceptors (Lipinski definition) is 2. The van der Waals surface area contributed by atoms with Crippen molar-refractivity contribution in [2.45, 2.75) is 65.6 Å². The minimum Gasteiger partial charge on any atom is -0.357 e. The van der Waals surface area contributed by atoms with Gasteiger partial charge in [0.2, 0.25) is 0 Å². The van der Waals surface area contributed by atoms with Gasteiger partial charge in [0.25, 0.3) is 0 Å². The second-order valence-corrected chi connectivity index (χ2v) is 7.44. The SMILES string of the molecule is CCNC(=NCc1cccc(C)c1)NC1CCc2cn(C(C)C)nc2C1. The maximum Gasteiger partial charge on any atom is 0.191 e. The molecule has 0 radical (unpaired) electrons. The van der Waals surface area contributed by atoms with Gasteiger partial charge in [-0.3, -0.25) is 4.68 Å². The Kier molecular flexibility index (Phi) is 5.96. The lowest BCUT2D eigenvalue weighted by Gasteiger charge is -2.24. The summed E-state index contributed by atoms with van der Waals surface area (Å²) in [7, 11) is 0. The van der Waals surface area contributed by atoms with Gasteiger partial charge in [0, 0.05) is 31.2 Å². The fourth-order valence-electron chi connectivity index (χ4n) is 3.39. The second kappa shape index (κ2) is 8.39. The molecular weight excluding hydrogens is 322 g/mol. The van der Waals surface area contributed by atoms with Gasteiger partial charge in [-0.25, -0.2) is 4.99 Å². The van der Waals surface area contributed by atoms with E-state index in [1.807, 2.05) is 0 Å². The quantitative estimate of drug-likeness (QED) is 0.640. The van der Waals surface area contributed by atoms with Crippen molar-refractivity contribution in [3.05, 3.63) is 52.8 Å². The van der Waals surface area contributed by atoms with Crippen molar-refractivity contribution in [1.29, 1.82) is 0 Å². The van der Waals surface area contributed by atoms with Crippen LogP contribution in [0.25, 0.3) is 0 Å². The van der Waals surface area contributed by atoms with Crippen LogP contribution in [0.4, 0.5) is 0 Å². The molecule has 5 heteroatoms. The van der Waals surface area contributed by atoms with E-state index < -0.39 is 0 Å². The first-order chi connectivity index (χ1) is 12.5. The number of benzene rings is 1. The van der Waals surface area contributed by atoms with Crippen LogP contribution in [-0.4, -0.2) is 28.3 Å². The zero-order chi connectivity index (χ0) is 18.5. The predicted octanol–water partition coefficient (Wildman–Crippen LogP) is 3.39. The first-order valence-electron chi connectivity index (χ1n) is 9.72. The highest BCUT2D eigenvalue weighted by molar-refractivity contribution is 5.80. The third kappa shape index (κ3) is 4.65. The molecule has 2 N–H and O–H groups in total. The minimum atomic E-state index is 0.383. The number of aliphatic imine (C=N–C) groups is 1. The van der Waals surface area contributed by atoms with Gasteiger partial charge >= 0.3 is 0 Å². The standard InChI is InChI=1S/C21H31N5/c1-5-22-21(23-13-17-8-6-7-16(4)11-17)24-19-10-9-18-14-26(15(2)3)25-20(18)12-19/h6-8,11,14-15,19H,5,9-10,12-13H2,1-4H3,(H2,22,23,24). The molecule has 1 unspecified atom stereocenters. The number of rotatable bonds is 5. The Hall–Kier alpha value is -2.30. The molecule has 1 aliphatic rings. The molecule has 2 aromatic rings. The topological polar surface area (TPSA) is 54.2 Å². The van der Waals surface area contributed by atoms with Gasteiger partial charge in [0.05, 0.1) is 12.2 Å². The Morgan fingerprint density at radius 3 is 2.96 bits per heavy atom. The molecule has 140 valence electrons. The van der Waals surface area contributed by atoms with Gasteiger partial charge in [-0.1, -0.05) is 29.8 Å². The largest absolute Gasteiger partial charge is 0.357 e. The summed E-state index contributed by atoms with van der Waals surface area (Å²) in [5.74, 6) is 0.894. The van der Waals surface area contributed by atoms with Crippen LogP contribution in [0.5, 0.6) is 0 Å². The third-order valence-corrected chi connectivity index (χ3v) is 4.81. The zero-order valence-electron chi connectivity index (χ0n) is 16.4. The number of guanidine groups is 1. The summed E-state index contributed by atoms with van der Waals surface area (Å²) >= 11 is 0. The summed E-state index contributed by atoms with van der Waals surface area (Å²) < 4.78 is 2.09. The average molecular weight is 354 g/mol. The molecule has 1 atom stereocenters. The van der Waals surface area contributed by atoms with E-state index in [1.54, 1.807) is 0 Å². The Labute approximate surface area is 156 Å². The van der Waals surface area contributed by atoms with Crippen molar-refractivity contribution in [2.24, 2.45) is 4.99 Å². The van der Waals surface area contributed by atoms with E-state index >= 15 is 0 Å². The molecule has 26 heavy (non-hydrogen) atoms. The van der Waals surface area contributed by atoms with Crippen LogP contribution in [0.2, 0.25) is 0 Å². The summed E-state index contributed by atoms with van der Waals surface area (Å²) in [6.07, 6.45) is 5.37. The monoisotopic (exact) mass is 353 g/mol. The summed E-state index contributed by atoms with van der Waals surface area (Å²) in [6, 6.07) is 9.33. The number of aryl methyl sites for hydroxylation is 2. The molecule has 5 nitrogen and oxygen atoms in total. The van der Waals surface area contributed by atoms with Crippen molar-refractivity contribution >= 4 is 5.96 Å². The molecule has 0 bridgehead atoms. The second-order valence-electron chi connectivity index (χ2n) is 7.44. The highest BCUT2D eigenvalue weighted by atomic mass is 15.3. The van der Waals surface area contributed by atoms with Crippen molar-refractivity contribution in [1.82, 2.24) is 20.4 Å². The van der Waals surface area contributed by atoms with Crippen LogP contribution in [0, 0.1) is 6.92 Å². The van der Waals surface area contributed by atoms with Crippen LogP contribution >= 0.6 is 0 Å². The number of fused-ring (bicyclic) bond motifs is 1. The van der Waals surface area contributed by atoms with Gasteiger partial charge < -0.3 is 10.6 Å². The highest BCUT2D eigenvalue weighted by Crippen LogP contribution is 2.21. The number of hydrogen-bond donors (Lipinski definition) is 2. The molecule has 1 aliphatic carbocycles. The molecule has 1 aromatic heterocycles. The van der Waals surface area contributed by atoms with E-state index in [0.29, 0.717) is 18.6 Å². The summed E-state index contributed by atoms with van der Waals surface area (Å²) in [6.45, 7) is 10.1. The van der Waals surface area contributed by atoms with Crippen LogP contribution in [0.15, 0.2) is 35.5 Å². The fourth-order valence-corrected chi connectivity index (χ4v) is 3.39. The van der Waals surface area contributed by atoms with Gasteiger partial charge in [-0.2, -0.15) is 5.10 Å². The molecule has 0 saturated heterocycles. The molecule has 1 aromatic carbocycles. The van der Waals surface area contributed by atoms with E-state index in [0.717, 1.165) is 31.8 Å². The van der Waals surface area contributed by atoms with E-state index in [9.17, 15) is 0 Å².